The highest BCUT2D eigenvalue weighted by Crippen LogP contribution is 2.30. The number of nitrogens with zero attached hydrogens (tertiary/aromatic N) is 2. The molecule has 31 heavy (non-hydrogen) atoms. The van der Waals surface area contributed by atoms with Crippen molar-refractivity contribution in [2.24, 2.45) is 0 Å². The Morgan fingerprint density at radius 3 is 2.32 bits per heavy atom. The maximum atomic E-state index is 13.1. The van der Waals surface area contributed by atoms with Crippen LogP contribution in [-0.4, -0.2) is 62.7 Å². The van der Waals surface area contributed by atoms with Crippen LogP contribution in [0.3, 0.4) is 0 Å². The Morgan fingerprint density at radius 1 is 1.00 bits per heavy atom. The van der Waals surface area contributed by atoms with Gasteiger partial charge in [0.25, 0.3) is 0 Å². The van der Waals surface area contributed by atoms with Crippen molar-refractivity contribution in [1.82, 2.24) is 9.21 Å². The minimum atomic E-state index is -3.65. The van der Waals surface area contributed by atoms with Crippen LogP contribution in [0.1, 0.15) is 57.8 Å². The van der Waals surface area contributed by atoms with E-state index in [1.165, 1.54) is 23.5 Å². The fourth-order valence-corrected chi connectivity index (χ4v) is 5.67. The minimum absolute atomic E-state index is 0.0145. The monoisotopic (exact) mass is 451 g/mol. The maximum Gasteiger partial charge on any atom is 0.244 e. The molecule has 2 amide bonds. The van der Waals surface area contributed by atoms with Gasteiger partial charge in [-0.3, -0.25) is 9.59 Å². The standard InChI is InChI=1S/C22H33N3O5S/c1-30-20-12-11-18(31(28,29)25-14-8-4-5-9-15-25)16-19(20)23-21(26)17-24-13-7-3-2-6-10-22(24)27/h11-12,16H,2-10,13-15,17H2,1H3,(H,23,26). The molecular formula is C22H33N3O5S. The molecular weight excluding hydrogens is 418 g/mol. The van der Waals surface area contributed by atoms with Crippen molar-refractivity contribution in [3.05, 3.63) is 18.2 Å². The van der Waals surface area contributed by atoms with Crippen LogP contribution in [0.2, 0.25) is 0 Å². The van der Waals surface area contributed by atoms with Gasteiger partial charge >= 0.3 is 0 Å². The number of amides is 2. The van der Waals surface area contributed by atoms with E-state index < -0.39 is 10.0 Å². The van der Waals surface area contributed by atoms with E-state index in [1.54, 1.807) is 11.0 Å². The van der Waals surface area contributed by atoms with Crippen molar-refractivity contribution in [2.75, 3.05) is 38.6 Å². The molecule has 2 aliphatic rings. The van der Waals surface area contributed by atoms with Gasteiger partial charge in [-0.1, -0.05) is 25.7 Å². The molecule has 1 N–H and O–H groups in total. The molecule has 0 aromatic heterocycles. The van der Waals surface area contributed by atoms with Gasteiger partial charge in [0.2, 0.25) is 21.8 Å². The van der Waals surface area contributed by atoms with Crippen LogP contribution in [-0.2, 0) is 19.6 Å². The number of hydrogen-bond acceptors (Lipinski definition) is 5. The average molecular weight is 452 g/mol. The van der Waals surface area contributed by atoms with Crippen molar-refractivity contribution < 1.29 is 22.7 Å². The topological polar surface area (TPSA) is 96.0 Å². The number of methoxy groups -OCH3 is 1. The second-order valence-electron chi connectivity index (χ2n) is 8.21. The zero-order valence-electron chi connectivity index (χ0n) is 18.3. The molecule has 2 heterocycles. The summed E-state index contributed by atoms with van der Waals surface area (Å²) in [4.78, 5) is 26.7. The lowest BCUT2D eigenvalue weighted by atomic mass is 10.1. The number of benzene rings is 1. The van der Waals surface area contributed by atoms with E-state index in [0.717, 1.165) is 51.4 Å². The summed E-state index contributed by atoms with van der Waals surface area (Å²) in [5.74, 6) is -0.00184. The highest BCUT2D eigenvalue weighted by Gasteiger charge is 2.26. The molecule has 3 rings (SSSR count). The molecule has 2 fully saturated rings. The number of sulfonamides is 1. The Balaban J connectivity index is 1.75. The van der Waals surface area contributed by atoms with Gasteiger partial charge < -0.3 is 15.0 Å². The van der Waals surface area contributed by atoms with Crippen molar-refractivity contribution >= 4 is 27.5 Å². The summed E-state index contributed by atoms with van der Waals surface area (Å²) < 4.78 is 33.1. The third-order valence-electron chi connectivity index (χ3n) is 5.90. The van der Waals surface area contributed by atoms with E-state index >= 15 is 0 Å². The van der Waals surface area contributed by atoms with E-state index in [0.29, 0.717) is 37.5 Å². The highest BCUT2D eigenvalue weighted by molar-refractivity contribution is 7.89. The van der Waals surface area contributed by atoms with Crippen LogP contribution in [0.15, 0.2) is 23.1 Å². The smallest absolute Gasteiger partial charge is 0.244 e. The van der Waals surface area contributed by atoms with Crippen molar-refractivity contribution in [3.8, 4) is 5.75 Å². The van der Waals surface area contributed by atoms with Crippen LogP contribution in [0.4, 0.5) is 5.69 Å². The van der Waals surface area contributed by atoms with E-state index in [2.05, 4.69) is 5.32 Å². The van der Waals surface area contributed by atoms with E-state index in [9.17, 15) is 18.0 Å². The van der Waals surface area contributed by atoms with Gasteiger partial charge in [-0.2, -0.15) is 4.31 Å². The molecule has 2 saturated heterocycles. The van der Waals surface area contributed by atoms with Crippen LogP contribution in [0.25, 0.3) is 0 Å². The molecule has 8 nitrogen and oxygen atoms in total. The summed E-state index contributed by atoms with van der Waals surface area (Å²) in [5, 5.41) is 2.75. The van der Waals surface area contributed by atoms with E-state index in [-0.39, 0.29) is 23.3 Å². The zero-order valence-corrected chi connectivity index (χ0v) is 19.1. The van der Waals surface area contributed by atoms with Crippen molar-refractivity contribution in [2.45, 2.75) is 62.7 Å². The number of ether oxygens (including phenoxy) is 1. The maximum absolute atomic E-state index is 13.1. The second-order valence-corrected chi connectivity index (χ2v) is 10.1. The summed E-state index contributed by atoms with van der Waals surface area (Å²) in [6, 6.07) is 4.52. The predicted molar refractivity (Wildman–Crippen MR) is 119 cm³/mol. The Kier molecular flexibility index (Phi) is 8.31. The van der Waals surface area contributed by atoms with Gasteiger partial charge in [-0.05, 0) is 43.9 Å². The first kappa shape index (κ1) is 23.5. The summed E-state index contributed by atoms with van der Waals surface area (Å²) >= 11 is 0. The average Bonchev–Trinajstić information content (AvgIpc) is 3.04. The number of anilines is 1. The number of nitrogens with one attached hydrogen (secondary N) is 1. The molecule has 0 radical (unpaired) electrons. The zero-order chi connectivity index (χ0) is 22.3. The summed E-state index contributed by atoms with van der Waals surface area (Å²) in [6.45, 7) is 1.53. The first-order valence-electron chi connectivity index (χ1n) is 11.2. The molecule has 0 spiro atoms. The summed E-state index contributed by atoms with van der Waals surface area (Å²) in [5.41, 5.74) is 0.294. The normalized spacial score (nSPS) is 19.3. The fourth-order valence-electron chi connectivity index (χ4n) is 4.12. The number of carbonyl (C=O) groups excluding carboxylic acids is 2. The first-order chi connectivity index (χ1) is 14.9. The minimum Gasteiger partial charge on any atom is -0.495 e. The van der Waals surface area contributed by atoms with E-state index in [4.69, 9.17) is 4.74 Å². The Morgan fingerprint density at radius 2 is 1.65 bits per heavy atom. The number of hydrogen-bond donors (Lipinski definition) is 1. The van der Waals surface area contributed by atoms with Crippen LogP contribution in [0.5, 0.6) is 5.75 Å². The molecule has 1 aromatic rings. The lowest BCUT2D eigenvalue weighted by Crippen LogP contribution is -2.39. The van der Waals surface area contributed by atoms with Gasteiger partial charge in [-0.25, -0.2) is 8.42 Å². The van der Waals surface area contributed by atoms with Crippen LogP contribution in [0, 0.1) is 0 Å². The van der Waals surface area contributed by atoms with Gasteiger partial charge in [0.05, 0.1) is 24.2 Å². The van der Waals surface area contributed by atoms with Crippen molar-refractivity contribution in [3.63, 3.8) is 0 Å². The SMILES string of the molecule is COc1ccc(S(=O)(=O)N2CCCCCC2)cc1NC(=O)CN1CCCCCCC1=O. The molecule has 9 heteroatoms. The van der Waals surface area contributed by atoms with E-state index in [1.807, 2.05) is 0 Å². The van der Waals surface area contributed by atoms with Gasteiger partial charge in [0.1, 0.15) is 5.75 Å². The molecule has 0 saturated carbocycles. The second kappa shape index (κ2) is 10.9. The third-order valence-corrected chi connectivity index (χ3v) is 7.80. The molecule has 1 aromatic carbocycles. The molecule has 0 aliphatic carbocycles. The number of carbonyl (C=O) groups is 2. The third kappa shape index (κ3) is 6.20. The molecule has 2 aliphatic heterocycles. The number of rotatable bonds is 6. The first-order valence-corrected chi connectivity index (χ1v) is 12.6. The predicted octanol–water partition coefficient (Wildman–Crippen LogP) is 2.99. The molecule has 0 bridgehead atoms. The van der Waals surface area contributed by atoms with Gasteiger partial charge in [0, 0.05) is 26.1 Å². The van der Waals surface area contributed by atoms with Crippen LogP contribution >= 0.6 is 0 Å². The lowest BCUT2D eigenvalue weighted by Gasteiger charge is -2.24. The largest absolute Gasteiger partial charge is 0.495 e. The summed E-state index contributed by atoms with van der Waals surface area (Å²) in [7, 11) is -2.18. The Bertz CT molecular complexity index is 879. The fraction of sp³-hybridized carbons (Fsp3) is 0.636. The highest BCUT2D eigenvalue weighted by atomic mass is 32.2. The summed E-state index contributed by atoms with van der Waals surface area (Å²) in [6.07, 6.45) is 8.05. The van der Waals surface area contributed by atoms with Gasteiger partial charge in [-0.15, -0.1) is 0 Å². The van der Waals surface area contributed by atoms with Crippen molar-refractivity contribution in [1.29, 1.82) is 0 Å². The molecule has 172 valence electrons. The quantitative estimate of drug-likeness (QED) is 0.717. The lowest BCUT2D eigenvalue weighted by molar-refractivity contribution is -0.135. The number of likely N-dealkylation sites (tertiary alicyclic amines) is 1. The van der Waals surface area contributed by atoms with Gasteiger partial charge in [0.15, 0.2) is 0 Å². The Labute approximate surface area is 185 Å². The van der Waals surface area contributed by atoms with Crippen LogP contribution < -0.4 is 10.1 Å². The Hall–Kier alpha value is -2.13. The molecule has 0 unspecified atom stereocenters. The molecule has 0 atom stereocenters.